The monoisotopic (exact) mass is 443 g/mol. The van der Waals surface area contributed by atoms with E-state index in [1.54, 1.807) is 25.7 Å². The van der Waals surface area contributed by atoms with Crippen LogP contribution < -0.4 is 11.1 Å². The fourth-order valence-corrected chi connectivity index (χ4v) is 4.06. The molecule has 4 aromatic rings. The predicted molar refractivity (Wildman–Crippen MR) is 125 cm³/mol. The maximum atomic E-state index is 12.8. The molecule has 4 heterocycles. The maximum absolute atomic E-state index is 12.8. The van der Waals surface area contributed by atoms with Gasteiger partial charge in [-0.3, -0.25) is 14.5 Å². The largest absolute Gasteiger partial charge is 0.383 e. The summed E-state index contributed by atoms with van der Waals surface area (Å²) in [7, 11) is 1.66. The van der Waals surface area contributed by atoms with Gasteiger partial charge >= 0.3 is 0 Å². The molecular weight excluding hydrogens is 418 g/mol. The lowest BCUT2D eigenvalue weighted by Crippen LogP contribution is -2.15. The molecule has 9 nitrogen and oxygen atoms in total. The number of hydrogen-bond acceptors (Lipinski definition) is 7. The molecule has 168 valence electrons. The van der Waals surface area contributed by atoms with Crippen LogP contribution in [0.2, 0.25) is 0 Å². The van der Waals surface area contributed by atoms with E-state index in [0.29, 0.717) is 24.8 Å². The number of aryl methyl sites for hydroxylation is 1. The number of ether oxygens (including phenoxy) is 1. The molecule has 1 aliphatic carbocycles. The molecule has 1 saturated carbocycles. The van der Waals surface area contributed by atoms with Gasteiger partial charge in [0, 0.05) is 48.8 Å². The summed E-state index contributed by atoms with van der Waals surface area (Å²) in [6, 6.07) is 5.71. The van der Waals surface area contributed by atoms with E-state index in [0.717, 1.165) is 39.6 Å². The molecule has 1 aliphatic rings. The van der Waals surface area contributed by atoms with Crippen molar-refractivity contribution in [3.05, 3.63) is 60.3 Å². The van der Waals surface area contributed by atoms with Crippen LogP contribution in [0.25, 0.3) is 22.0 Å². The van der Waals surface area contributed by atoms with Crippen LogP contribution in [0.3, 0.4) is 0 Å². The molecule has 2 unspecified atom stereocenters. The van der Waals surface area contributed by atoms with E-state index in [9.17, 15) is 4.79 Å². The topological polar surface area (TPSA) is 121 Å². The third-order valence-corrected chi connectivity index (χ3v) is 6.04. The Morgan fingerprint density at radius 1 is 1.30 bits per heavy atom. The number of methoxy groups -OCH3 is 1. The average Bonchev–Trinajstić information content (AvgIpc) is 3.48. The van der Waals surface area contributed by atoms with E-state index in [1.165, 1.54) is 0 Å². The van der Waals surface area contributed by atoms with Crippen molar-refractivity contribution in [3.63, 3.8) is 0 Å². The highest BCUT2D eigenvalue weighted by atomic mass is 16.5. The second kappa shape index (κ2) is 8.59. The zero-order valence-electron chi connectivity index (χ0n) is 18.5. The fraction of sp³-hybridized carbons (Fsp3) is 0.292. The summed E-state index contributed by atoms with van der Waals surface area (Å²) in [5.74, 6) is 0.944. The van der Waals surface area contributed by atoms with Crippen molar-refractivity contribution in [1.82, 2.24) is 24.7 Å². The van der Waals surface area contributed by atoms with Gasteiger partial charge in [-0.05, 0) is 54.0 Å². The molecule has 0 spiro atoms. The number of nitrogens with two attached hydrogens (primary N) is 1. The third-order valence-electron chi connectivity index (χ3n) is 6.04. The van der Waals surface area contributed by atoms with E-state index < -0.39 is 0 Å². The number of nitrogen functional groups attached to an aromatic ring is 1. The van der Waals surface area contributed by atoms with Gasteiger partial charge in [-0.1, -0.05) is 0 Å². The number of rotatable bonds is 7. The van der Waals surface area contributed by atoms with Gasteiger partial charge in [0.1, 0.15) is 11.6 Å². The Morgan fingerprint density at radius 2 is 2.18 bits per heavy atom. The number of carbonyl (C=O) groups excluding carboxylic acids is 1. The summed E-state index contributed by atoms with van der Waals surface area (Å²) in [5, 5.41) is 8.90. The Balaban J connectivity index is 1.32. The number of amides is 1. The predicted octanol–water partition coefficient (Wildman–Crippen LogP) is 3.17. The highest BCUT2D eigenvalue weighted by Crippen LogP contribution is 2.47. The molecule has 0 radical (unpaired) electrons. The molecule has 5 rings (SSSR count). The quantitative estimate of drug-likeness (QED) is 0.450. The molecule has 0 aromatic carbocycles. The summed E-state index contributed by atoms with van der Waals surface area (Å²) in [4.78, 5) is 25.9. The van der Waals surface area contributed by atoms with Crippen LogP contribution in [-0.2, 0) is 16.1 Å². The van der Waals surface area contributed by atoms with Gasteiger partial charge in [-0.15, -0.1) is 0 Å². The molecule has 0 bridgehead atoms. The van der Waals surface area contributed by atoms with Crippen molar-refractivity contribution in [2.75, 3.05) is 24.8 Å². The van der Waals surface area contributed by atoms with E-state index in [2.05, 4.69) is 25.4 Å². The van der Waals surface area contributed by atoms with Crippen LogP contribution in [0.15, 0.2) is 49.2 Å². The van der Waals surface area contributed by atoms with E-state index in [1.807, 2.05) is 42.2 Å². The second-order valence-corrected chi connectivity index (χ2v) is 8.34. The molecule has 1 amide bonds. The molecule has 4 aromatic heterocycles. The van der Waals surface area contributed by atoms with Crippen LogP contribution in [-0.4, -0.2) is 44.4 Å². The molecule has 9 heteroatoms. The minimum Gasteiger partial charge on any atom is -0.383 e. The third kappa shape index (κ3) is 4.27. The van der Waals surface area contributed by atoms with Gasteiger partial charge in [-0.2, -0.15) is 5.10 Å². The Kier molecular flexibility index (Phi) is 5.47. The molecule has 0 aliphatic heterocycles. The summed E-state index contributed by atoms with van der Waals surface area (Å²) in [6.07, 6.45) is 9.80. The van der Waals surface area contributed by atoms with Gasteiger partial charge in [0.2, 0.25) is 5.91 Å². The first-order valence-electron chi connectivity index (χ1n) is 10.8. The van der Waals surface area contributed by atoms with Gasteiger partial charge in [-0.25, -0.2) is 9.97 Å². The molecular formula is C24H25N7O2. The van der Waals surface area contributed by atoms with Crippen LogP contribution in [0.4, 0.5) is 11.6 Å². The molecule has 0 saturated heterocycles. The van der Waals surface area contributed by atoms with Crippen molar-refractivity contribution < 1.29 is 9.53 Å². The molecule has 3 N–H and O–H groups in total. The van der Waals surface area contributed by atoms with Gasteiger partial charge in [0.25, 0.3) is 0 Å². The zero-order chi connectivity index (χ0) is 22.9. The van der Waals surface area contributed by atoms with Gasteiger partial charge in [0.15, 0.2) is 0 Å². The minimum absolute atomic E-state index is 0.0400. The Bertz CT molecular complexity index is 1330. The lowest BCUT2D eigenvalue weighted by Gasteiger charge is -2.10. The number of fused-ring (bicyclic) bond motifs is 1. The molecule has 33 heavy (non-hydrogen) atoms. The van der Waals surface area contributed by atoms with Crippen molar-refractivity contribution in [1.29, 1.82) is 0 Å². The Morgan fingerprint density at radius 3 is 3.00 bits per heavy atom. The number of carbonyl (C=O) groups is 1. The number of anilines is 2. The van der Waals surface area contributed by atoms with E-state index >= 15 is 0 Å². The fourth-order valence-electron chi connectivity index (χ4n) is 4.06. The SMILES string of the molecule is COCCn1cc(C2CC2C(=O)Nc2cc3cc(-c4cnccc4C)nc(N)c3cn2)cn1. The van der Waals surface area contributed by atoms with Crippen LogP contribution in [0.5, 0.6) is 0 Å². The van der Waals surface area contributed by atoms with Gasteiger partial charge in [0.05, 0.1) is 25.0 Å². The number of nitrogens with one attached hydrogen (secondary N) is 1. The number of hydrogen-bond donors (Lipinski definition) is 2. The lowest BCUT2D eigenvalue weighted by atomic mass is 10.1. The van der Waals surface area contributed by atoms with Crippen molar-refractivity contribution >= 4 is 28.3 Å². The number of aromatic nitrogens is 5. The second-order valence-electron chi connectivity index (χ2n) is 8.34. The lowest BCUT2D eigenvalue weighted by molar-refractivity contribution is -0.117. The summed E-state index contributed by atoms with van der Waals surface area (Å²) < 4.78 is 6.93. The smallest absolute Gasteiger partial charge is 0.229 e. The van der Waals surface area contributed by atoms with E-state index in [4.69, 9.17) is 10.5 Å². The Labute approximate surface area is 191 Å². The van der Waals surface area contributed by atoms with Crippen LogP contribution in [0, 0.1) is 12.8 Å². The summed E-state index contributed by atoms with van der Waals surface area (Å²) in [5.41, 5.74) is 9.99. The first-order chi connectivity index (χ1) is 16.0. The van der Waals surface area contributed by atoms with Crippen molar-refractivity contribution in [2.45, 2.75) is 25.8 Å². The summed E-state index contributed by atoms with van der Waals surface area (Å²) >= 11 is 0. The first-order valence-corrected chi connectivity index (χ1v) is 10.8. The Hall–Kier alpha value is -3.85. The zero-order valence-corrected chi connectivity index (χ0v) is 18.5. The van der Waals surface area contributed by atoms with Crippen molar-refractivity contribution in [3.8, 4) is 11.3 Å². The number of nitrogens with zero attached hydrogens (tertiary/aromatic N) is 5. The highest BCUT2D eigenvalue weighted by molar-refractivity contribution is 5.98. The van der Waals surface area contributed by atoms with Crippen LogP contribution in [0.1, 0.15) is 23.5 Å². The summed E-state index contributed by atoms with van der Waals surface area (Å²) in [6.45, 7) is 3.30. The van der Waals surface area contributed by atoms with Crippen molar-refractivity contribution in [2.24, 2.45) is 5.92 Å². The standard InChI is InChI=1S/C24H25N7O2/c1-14-3-4-26-11-19(14)21-7-15-8-22(27-12-20(15)23(25)29-21)30-24(32)18-9-17(18)16-10-28-31(13-16)5-6-33-2/h3-4,7-8,10-13,17-18H,5-6,9H2,1-2H3,(H2,25,29)(H,27,30,32). The molecule has 1 fully saturated rings. The average molecular weight is 444 g/mol. The van der Waals surface area contributed by atoms with Crippen LogP contribution >= 0.6 is 0 Å². The highest BCUT2D eigenvalue weighted by Gasteiger charge is 2.44. The van der Waals surface area contributed by atoms with Gasteiger partial charge < -0.3 is 15.8 Å². The van der Waals surface area contributed by atoms with E-state index in [-0.39, 0.29) is 17.7 Å². The normalized spacial score (nSPS) is 17.3. The molecule has 2 atom stereocenters. The number of pyridine rings is 3. The maximum Gasteiger partial charge on any atom is 0.229 e. The first kappa shape index (κ1) is 21.0. The minimum atomic E-state index is -0.0846.